The van der Waals surface area contributed by atoms with Gasteiger partial charge in [0.15, 0.2) is 9.84 Å². The van der Waals surface area contributed by atoms with Gasteiger partial charge in [-0.25, -0.2) is 8.42 Å². The van der Waals surface area contributed by atoms with Crippen LogP contribution in [0.1, 0.15) is 18.6 Å². The van der Waals surface area contributed by atoms with Crippen molar-refractivity contribution < 1.29 is 18.3 Å². The summed E-state index contributed by atoms with van der Waals surface area (Å²) in [5, 5.41) is 14.6. The van der Waals surface area contributed by atoms with Crippen LogP contribution in [0.15, 0.2) is 16.8 Å². The average Bonchev–Trinajstić information content (AvgIpc) is 2.76. The molecule has 17 heavy (non-hydrogen) atoms. The van der Waals surface area contributed by atoms with Crippen LogP contribution in [-0.2, 0) is 14.6 Å². The summed E-state index contributed by atoms with van der Waals surface area (Å²) >= 11 is 1.44. The monoisotopic (exact) mass is 277 g/mol. The molecule has 0 saturated heterocycles. The summed E-state index contributed by atoms with van der Waals surface area (Å²) in [4.78, 5) is 11.5. The van der Waals surface area contributed by atoms with E-state index in [2.05, 4.69) is 5.32 Å². The number of nitrogens with one attached hydrogen (secondary N) is 1. The number of hydrogen-bond donors (Lipinski definition) is 2. The van der Waals surface area contributed by atoms with E-state index in [0.717, 1.165) is 6.26 Å². The lowest BCUT2D eigenvalue weighted by Gasteiger charge is -2.13. The van der Waals surface area contributed by atoms with Crippen molar-refractivity contribution in [2.24, 2.45) is 0 Å². The Hall–Kier alpha value is -0.920. The van der Waals surface area contributed by atoms with Gasteiger partial charge in [0.05, 0.1) is 6.10 Å². The van der Waals surface area contributed by atoms with Crippen molar-refractivity contribution in [2.75, 3.05) is 12.8 Å². The highest BCUT2D eigenvalue weighted by Crippen LogP contribution is 2.15. The number of rotatable bonds is 5. The lowest BCUT2D eigenvalue weighted by molar-refractivity contribution is -0.120. The van der Waals surface area contributed by atoms with E-state index >= 15 is 0 Å². The zero-order chi connectivity index (χ0) is 13.1. The van der Waals surface area contributed by atoms with Gasteiger partial charge >= 0.3 is 0 Å². The van der Waals surface area contributed by atoms with Crippen molar-refractivity contribution in [3.05, 3.63) is 22.4 Å². The van der Waals surface area contributed by atoms with Gasteiger partial charge in [0.2, 0.25) is 5.91 Å². The van der Waals surface area contributed by atoms with Crippen molar-refractivity contribution in [3.8, 4) is 0 Å². The molecule has 7 heteroatoms. The maximum atomic E-state index is 11.5. The Kier molecular flexibility index (Phi) is 4.67. The number of aliphatic hydroxyl groups excluding tert-OH is 1. The fourth-order valence-corrected chi connectivity index (χ4v) is 2.30. The van der Waals surface area contributed by atoms with Crippen LogP contribution in [0, 0.1) is 0 Å². The van der Waals surface area contributed by atoms with E-state index in [9.17, 15) is 18.3 Å². The Balaban J connectivity index is 2.49. The SMILES string of the molecule is CC(C(=O)NCC(O)c1ccsc1)S(C)(=O)=O. The first-order valence-electron chi connectivity index (χ1n) is 4.99. The molecule has 2 N–H and O–H groups in total. The minimum absolute atomic E-state index is 0.00935. The van der Waals surface area contributed by atoms with Crippen molar-refractivity contribution in [2.45, 2.75) is 18.3 Å². The van der Waals surface area contributed by atoms with Gasteiger partial charge in [-0.3, -0.25) is 4.79 Å². The molecule has 0 aliphatic carbocycles. The van der Waals surface area contributed by atoms with Crippen LogP contribution in [0.2, 0.25) is 0 Å². The predicted octanol–water partition coefficient (Wildman–Crippen LogP) is 0.331. The molecule has 1 aromatic rings. The molecule has 0 aliphatic heterocycles. The topological polar surface area (TPSA) is 83.5 Å². The lowest BCUT2D eigenvalue weighted by atomic mass is 10.2. The van der Waals surface area contributed by atoms with Crippen LogP contribution in [0.25, 0.3) is 0 Å². The molecule has 5 nitrogen and oxygen atoms in total. The molecular formula is C10H15NO4S2. The van der Waals surface area contributed by atoms with Gasteiger partial charge in [0.1, 0.15) is 5.25 Å². The summed E-state index contributed by atoms with van der Waals surface area (Å²) in [6.45, 7) is 1.33. The smallest absolute Gasteiger partial charge is 0.238 e. The quantitative estimate of drug-likeness (QED) is 0.812. The molecule has 1 rings (SSSR count). The van der Waals surface area contributed by atoms with Gasteiger partial charge in [-0.05, 0) is 29.3 Å². The summed E-state index contributed by atoms with van der Waals surface area (Å²) in [6.07, 6.45) is 0.198. The number of carbonyl (C=O) groups excluding carboxylic acids is 1. The number of thiophene rings is 1. The fourth-order valence-electron chi connectivity index (χ4n) is 1.12. The van der Waals surface area contributed by atoms with Crippen LogP contribution in [0.4, 0.5) is 0 Å². The molecule has 0 fully saturated rings. The van der Waals surface area contributed by atoms with Crippen molar-refractivity contribution >= 4 is 27.1 Å². The molecule has 96 valence electrons. The molecule has 1 aromatic heterocycles. The highest BCUT2D eigenvalue weighted by Gasteiger charge is 2.23. The average molecular weight is 277 g/mol. The minimum Gasteiger partial charge on any atom is -0.387 e. The molecule has 0 radical (unpaired) electrons. The molecule has 2 atom stereocenters. The van der Waals surface area contributed by atoms with E-state index in [1.54, 1.807) is 11.4 Å². The van der Waals surface area contributed by atoms with Crippen LogP contribution >= 0.6 is 11.3 Å². The third-order valence-electron chi connectivity index (χ3n) is 2.41. The second kappa shape index (κ2) is 5.61. The van der Waals surface area contributed by atoms with E-state index in [1.165, 1.54) is 18.3 Å². The number of amides is 1. The Labute approximate surface area is 104 Å². The number of sulfone groups is 1. The molecule has 0 saturated carbocycles. The van der Waals surface area contributed by atoms with E-state index in [-0.39, 0.29) is 6.54 Å². The van der Waals surface area contributed by atoms with E-state index in [0.29, 0.717) is 5.56 Å². The molecular weight excluding hydrogens is 262 g/mol. The van der Waals surface area contributed by atoms with Gasteiger partial charge in [-0.2, -0.15) is 11.3 Å². The summed E-state index contributed by atoms with van der Waals surface area (Å²) in [5.41, 5.74) is 0.710. The highest BCUT2D eigenvalue weighted by molar-refractivity contribution is 7.92. The third-order valence-corrected chi connectivity index (χ3v) is 4.61. The van der Waals surface area contributed by atoms with Crippen molar-refractivity contribution in [1.29, 1.82) is 0 Å². The molecule has 0 bridgehead atoms. The highest BCUT2D eigenvalue weighted by atomic mass is 32.2. The van der Waals surface area contributed by atoms with Gasteiger partial charge in [0, 0.05) is 12.8 Å². The second-order valence-electron chi connectivity index (χ2n) is 3.79. The summed E-state index contributed by atoms with van der Waals surface area (Å²) in [7, 11) is -3.40. The van der Waals surface area contributed by atoms with Crippen LogP contribution in [-0.4, -0.2) is 37.5 Å². The maximum absolute atomic E-state index is 11.5. The zero-order valence-electron chi connectivity index (χ0n) is 9.58. The van der Waals surface area contributed by atoms with Gasteiger partial charge < -0.3 is 10.4 Å². The van der Waals surface area contributed by atoms with E-state index < -0.39 is 27.1 Å². The molecule has 0 spiro atoms. The van der Waals surface area contributed by atoms with Gasteiger partial charge in [-0.15, -0.1) is 0 Å². The normalized spacial score (nSPS) is 15.2. The number of carbonyl (C=O) groups is 1. The predicted molar refractivity (Wildman–Crippen MR) is 66.6 cm³/mol. The lowest BCUT2D eigenvalue weighted by Crippen LogP contribution is -2.39. The Morgan fingerprint density at radius 1 is 1.59 bits per heavy atom. The van der Waals surface area contributed by atoms with Crippen LogP contribution in [0.3, 0.4) is 0 Å². The fraction of sp³-hybridized carbons (Fsp3) is 0.500. The van der Waals surface area contributed by atoms with E-state index in [4.69, 9.17) is 0 Å². The molecule has 2 unspecified atom stereocenters. The first-order valence-corrected chi connectivity index (χ1v) is 7.89. The van der Waals surface area contributed by atoms with Crippen molar-refractivity contribution in [3.63, 3.8) is 0 Å². The first-order chi connectivity index (χ1) is 7.82. The van der Waals surface area contributed by atoms with Crippen LogP contribution in [0.5, 0.6) is 0 Å². The molecule has 1 heterocycles. The Morgan fingerprint density at radius 3 is 2.71 bits per heavy atom. The van der Waals surface area contributed by atoms with Crippen molar-refractivity contribution in [1.82, 2.24) is 5.32 Å². The Morgan fingerprint density at radius 2 is 2.24 bits per heavy atom. The first kappa shape index (κ1) is 14.1. The standard InChI is InChI=1S/C10H15NO4S2/c1-7(17(2,14)15)10(13)11-5-9(12)8-3-4-16-6-8/h3-4,6-7,9,12H,5H2,1-2H3,(H,11,13). The molecule has 1 amide bonds. The van der Waals surface area contributed by atoms with Crippen LogP contribution < -0.4 is 5.32 Å². The minimum atomic E-state index is -3.40. The summed E-state index contributed by atoms with van der Waals surface area (Å²) < 4.78 is 22.2. The third kappa shape index (κ3) is 4.10. The molecule has 0 aliphatic rings. The summed E-state index contributed by atoms with van der Waals surface area (Å²) in [5.74, 6) is -0.596. The van der Waals surface area contributed by atoms with E-state index in [1.807, 2.05) is 5.38 Å². The Bertz CT molecular complexity index is 467. The largest absolute Gasteiger partial charge is 0.387 e. The number of hydrogen-bond acceptors (Lipinski definition) is 5. The summed E-state index contributed by atoms with van der Waals surface area (Å²) in [6, 6.07) is 1.75. The number of aliphatic hydroxyl groups is 1. The van der Waals surface area contributed by atoms with Gasteiger partial charge in [-0.1, -0.05) is 0 Å². The molecule has 0 aromatic carbocycles. The maximum Gasteiger partial charge on any atom is 0.238 e. The second-order valence-corrected chi connectivity index (χ2v) is 6.94. The zero-order valence-corrected chi connectivity index (χ0v) is 11.2. The van der Waals surface area contributed by atoms with Gasteiger partial charge in [0.25, 0.3) is 0 Å².